The molecule has 0 saturated heterocycles. The van der Waals surface area contributed by atoms with Crippen molar-refractivity contribution < 1.29 is 13.9 Å². The van der Waals surface area contributed by atoms with E-state index < -0.39 is 5.97 Å². The van der Waals surface area contributed by atoms with Gasteiger partial charge in [0.05, 0.1) is 12.9 Å². The molecule has 0 unspecified atom stereocenters. The van der Waals surface area contributed by atoms with Crippen LogP contribution < -0.4 is 0 Å². The van der Waals surface area contributed by atoms with E-state index in [1.165, 1.54) is 30.0 Å². The Labute approximate surface area is 170 Å². The maximum atomic E-state index is 11.4. The minimum absolute atomic E-state index is 0.213. The second-order valence-electron chi connectivity index (χ2n) is 6.07. The number of ether oxygens (including phenoxy) is 1. The Bertz CT molecular complexity index is 888. The van der Waals surface area contributed by atoms with Gasteiger partial charge < -0.3 is 9.15 Å². The lowest BCUT2D eigenvalue weighted by molar-refractivity contribution is 0.0563. The summed E-state index contributed by atoms with van der Waals surface area (Å²) >= 11 is 4.80. The van der Waals surface area contributed by atoms with E-state index in [2.05, 4.69) is 53.0 Å². The fourth-order valence-corrected chi connectivity index (χ4v) is 5.13. The highest BCUT2D eigenvalue weighted by molar-refractivity contribution is 8.02. The molecule has 0 saturated carbocycles. The SMILES string of the molecule is COC(=O)c1ccc(CSc2nnc(SCc3ccc(C(C)C)cc3)s2)o1. The van der Waals surface area contributed by atoms with Crippen LogP contribution in [-0.2, 0) is 16.2 Å². The summed E-state index contributed by atoms with van der Waals surface area (Å²) in [5.41, 5.74) is 2.63. The first kappa shape index (κ1) is 20.0. The van der Waals surface area contributed by atoms with Gasteiger partial charge in [-0.3, -0.25) is 0 Å². The van der Waals surface area contributed by atoms with E-state index >= 15 is 0 Å². The number of carbonyl (C=O) groups excluding carboxylic acids is 1. The molecule has 142 valence electrons. The zero-order valence-electron chi connectivity index (χ0n) is 15.3. The number of benzene rings is 1. The summed E-state index contributed by atoms with van der Waals surface area (Å²) in [7, 11) is 1.33. The molecule has 0 spiro atoms. The third kappa shape index (κ3) is 5.60. The van der Waals surface area contributed by atoms with Gasteiger partial charge in [0.2, 0.25) is 5.76 Å². The molecule has 0 atom stereocenters. The maximum absolute atomic E-state index is 11.4. The van der Waals surface area contributed by atoms with E-state index in [9.17, 15) is 4.79 Å². The topological polar surface area (TPSA) is 65.2 Å². The lowest BCUT2D eigenvalue weighted by atomic mass is 10.0. The van der Waals surface area contributed by atoms with E-state index in [1.54, 1.807) is 35.2 Å². The molecule has 0 aliphatic rings. The van der Waals surface area contributed by atoms with E-state index in [0.29, 0.717) is 17.4 Å². The Balaban J connectivity index is 1.49. The number of hydrogen-bond acceptors (Lipinski definition) is 8. The molecule has 8 heteroatoms. The van der Waals surface area contributed by atoms with Crippen molar-refractivity contribution in [3.05, 3.63) is 59.0 Å². The first-order valence-electron chi connectivity index (χ1n) is 8.40. The summed E-state index contributed by atoms with van der Waals surface area (Å²) in [5.74, 6) is 2.46. The number of rotatable bonds is 8. The first-order valence-corrected chi connectivity index (χ1v) is 11.2. The number of carbonyl (C=O) groups is 1. The van der Waals surface area contributed by atoms with Gasteiger partial charge in [-0.25, -0.2) is 4.79 Å². The van der Waals surface area contributed by atoms with Crippen molar-refractivity contribution in [3.63, 3.8) is 0 Å². The molecule has 27 heavy (non-hydrogen) atoms. The Hall–Kier alpha value is -1.77. The predicted molar refractivity (Wildman–Crippen MR) is 110 cm³/mol. The lowest BCUT2D eigenvalue weighted by Crippen LogP contribution is -1.98. The second kappa shape index (κ2) is 9.43. The van der Waals surface area contributed by atoms with Crippen LogP contribution >= 0.6 is 34.9 Å². The molecular weight excluding hydrogens is 400 g/mol. The first-order chi connectivity index (χ1) is 13.0. The smallest absolute Gasteiger partial charge is 0.373 e. The Morgan fingerprint density at radius 3 is 2.37 bits per heavy atom. The van der Waals surface area contributed by atoms with Gasteiger partial charge in [0.25, 0.3) is 0 Å². The minimum atomic E-state index is -0.470. The highest BCUT2D eigenvalue weighted by atomic mass is 32.2. The Kier molecular flexibility index (Phi) is 6.98. The van der Waals surface area contributed by atoms with Crippen LogP contribution in [-0.4, -0.2) is 23.3 Å². The number of nitrogens with zero attached hydrogens (tertiary/aromatic N) is 2. The van der Waals surface area contributed by atoms with Crippen LogP contribution in [0.3, 0.4) is 0 Å². The number of hydrogen-bond donors (Lipinski definition) is 0. The summed E-state index contributed by atoms with van der Waals surface area (Å²) in [6.45, 7) is 4.40. The molecular formula is C19H20N2O3S3. The van der Waals surface area contributed by atoms with Crippen molar-refractivity contribution >= 4 is 40.8 Å². The molecule has 2 heterocycles. The average molecular weight is 421 g/mol. The number of thioether (sulfide) groups is 2. The van der Waals surface area contributed by atoms with Crippen LogP contribution in [0.5, 0.6) is 0 Å². The molecule has 3 aromatic rings. The van der Waals surface area contributed by atoms with Crippen molar-refractivity contribution in [2.75, 3.05) is 7.11 Å². The van der Waals surface area contributed by atoms with Crippen molar-refractivity contribution in [2.24, 2.45) is 0 Å². The van der Waals surface area contributed by atoms with Gasteiger partial charge in [-0.15, -0.1) is 10.2 Å². The van der Waals surface area contributed by atoms with Gasteiger partial charge >= 0.3 is 5.97 Å². The van der Waals surface area contributed by atoms with E-state index in [0.717, 1.165) is 14.4 Å². The highest BCUT2D eigenvalue weighted by Crippen LogP contribution is 2.32. The van der Waals surface area contributed by atoms with Crippen LogP contribution in [0.4, 0.5) is 0 Å². The van der Waals surface area contributed by atoms with Gasteiger partial charge in [-0.1, -0.05) is 73.0 Å². The summed E-state index contributed by atoms with van der Waals surface area (Å²) < 4.78 is 11.9. The molecule has 2 aromatic heterocycles. The van der Waals surface area contributed by atoms with E-state index in [-0.39, 0.29) is 5.76 Å². The molecule has 1 aromatic carbocycles. The van der Waals surface area contributed by atoms with Gasteiger partial charge in [0.1, 0.15) is 5.76 Å². The Morgan fingerprint density at radius 2 is 1.74 bits per heavy atom. The third-order valence-corrected chi connectivity index (χ3v) is 7.07. The molecule has 0 fully saturated rings. The standard InChI is InChI=1S/C19H20N2O3S3/c1-12(2)14-6-4-13(5-7-14)10-25-18-20-21-19(27-18)26-11-15-8-9-16(24-15)17(22)23-3/h4-9,12H,10-11H2,1-3H3. The molecule has 3 rings (SSSR count). The summed E-state index contributed by atoms with van der Waals surface area (Å²) in [6.07, 6.45) is 0. The molecule has 0 amide bonds. The van der Waals surface area contributed by atoms with Crippen LogP contribution in [0.2, 0.25) is 0 Å². The summed E-state index contributed by atoms with van der Waals surface area (Å²) in [6, 6.07) is 12.1. The number of aromatic nitrogens is 2. The van der Waals surface area contributed by atoms with Gasteiger partial charge in [-0.2, -0.15) is 0 Å². The van der Waals surface area contributed by atoms with E-state index in [1.807, 2.05) is 0 Å². The van der Waals surface area contributed by atoms with E-state index in [4.69, 9.17) is 4.42 Å². The zero-order chi connectivity index (χ0) is 19.2. The maximum Gasteiger partial charge on any atom is 0.373 e. The van der Waals surface area contributed by atoms with Crippen molar-refractivity contribution in [1.82, 2.24) is 10.2 Å². The van der Waals surface area contributed by atoms with Crippen LogP contribution in [0.15, 0.2) is 49.5 Å². The normalized spacial score (nSPS) is 11.1. The minimum Gasteiger partial charge on any atom is -0.463 e. The van der Waals surface area contributed by atoms with Gasteiger partial charge in [-0.05, 0) is 29.2 Å². The molecule has 0 aliphatic heterocycles. The molecule has 0 aliphatic carbocycles. The fourth-order valence-electron chi connectivity index (χ4n) is 2.26. The predicted octanol–water partition coefficient (Wildman–Crippen LogP) is 5.63. The molecule has 5 nitrogen and oxygen atoms in total. The van der Waals surface area contributed by atoms with Crippen molar-refractivity contribution in [3.8, 4) is 0 Å². The van der Waals surface area contributed by atoms with Crippen molar-refractivity contribution in [2.45, 2.75) is 40.0 Å². The fraction of sp³-hybridized carbons (Fsp3) is 0.316. The third-order valence-electron chi connectivity index (χ3n) is 3.78. The molecule has 0 bridgehead atoms. The molecule has 0 radical (unpaired) electrons. The number of methoxy groups -OCH3 is 1. The van der Waals surface area contributed by atoms with Gasteiger partial charge in [0.15, 0.2) is 8.68 Å². The average Bonchev–Trinajstić information content (AvgIpc) is 3.34. The molecule has 0 N–H and O–H groups in total. The van der Waals surface area contributed by atoms with Crippen LogP contribution in [0.1, 0.15) is 47.2 Å². The summed E-state index contributed by atoms with van der Waals surface area (Å²) in [5, 5.41) is 8.46. The quantitative estimate of drug-likeness (QED) is 0.346. The summed E-state index contributed by atoms with van der Waals surface area (Å²) in [4.78, 5) is 11.4. The van der Waals surface area contributed by atoms with Crippen molar-refractivity contribution in [1.29, 1.82) is 0 Å². The number of furan rings is 1. The number of esters is 1. The monoisotopic (exact) mass is 420 g/mol. The highest BCUT2D eigenvalue weighted by Gasteiger charge is 2.12. The zero-order valence-corrected chi connectivity index (χ0v) is 17.7. The second-order valence-corrected chi connectivity index (χ2v) is 9.49. The van der Waals surface area contributed by atoms with Crippen LogP contribution in [0.25, 0.3) is 0 Å². The van der Waals surface area contributed by atoms with Gasteiger partial charge in [0, 0.05) is 5.75 Å². The largest absolute Gasteiger partial charge is 0.463 e. The van der Waals surface area contributed by atoms with Crippen LogP contribution in [0, 0.1) is 0 Å². The Morgan fingerprint density at radius 1 is 1.07 bits per heavy atom. The lowest BCUT2D eigenvalue weighted by Gasteiger charge is -2.05.